The van der Waals surface area contributed by atoms with Crippen LogP contribution in [0.4, 0.5) is 11.4 Å². The lowest BCUT2D eigenvalue weighted by Crippen LogP contribution is -2.27. The number of rotatable bonds is 4. The molecule has 0 atom stereocenters. The molecule has 0 unspecified atom stereocenters. The molecule has 1 saturated heterocycles. The number of thioether (sulfide) groups is 1. The SMILES string of the molecule is CN(C)c1ccc(N2C(=O)/C(=C\c3ccc(-c4ccc(Br)cc4)o3)SC2=S)cc1. The van der Waals surface area contributed by atoms with E-state index in [1.165, 1.54) is 11.8 Å². The van der Waals surface area contributed by atoms with Gasteiger partial charge in [0.1, 0.15) is 11.5 Å². The molecule has 1 amide bonds. The average Bonchev–Trinajstić information content (AvgIpc) is 3.27. The van der Waals surface area contributed by atoms with E-state index in [9.17, 15) is 4.79 Å². The van der Waals surface area contributed by atoms with Gasteiger partial charge in [0.25, 0.3) is 5.91 Å². The van der Waals surface area contributed by atoms with Crippen molar-refractivity contribution in [3.63, 3.8) is 0 Å². The van der Waals surface area contributed by atoms with Gasteiger partial charge in [-0.1, -0.05) is 52.0 Å². The maximum Gasteiger partial charge on any atom is 0.270 e. The van der Waals surface area contributed by atoms with Crippen LogP contribution in [-0.4, -0.2) is 24.3 Å². The Bertz CT molecular complexity index is 1100. The minimum Gasteiger partial charge on any atom is -0.457 e. The molecule has 0 N–H and O–H groups in total. The highest BCUT2D eigenvalue weighted by atomic mass is 79.9. The van der Waals surface area contributed by atoms with Gasteiger partial charge in [-0.05, 0) is 48.5 Å². The molecule has 1 aromatic heterocycles. The number of anilines is 2. The fraction of sp³-hybridized carbons (Fsp3) is 0.0909. The summed E-state index contributed by atoms with van der Waals surface area (Å²) >= 11 is 10.2. The van der Waals surface area contributed by atoms with Crippen molar-refractivity contribution in [1.29, 1.82) is 0 Å². The van der Waals surface area contributed by atoms with Gasteiger partial charge in [0.05, 0.1) is 10.6 Å². The van der Waals surface area contributed by atoms with E-state index in [0.717, 1.165) is 27.2 Å². The monoisotopic (exact) mass is 484 g/mol. The summed E-state index contributed by atoms with van der Waals surface area (Å²) in [4.78, 5) is 17.1. The van der Waals surface area contributed by atoms with Crippen LogP contribution in [0.3, 0.4) is 0 Å². The third-order valence-electron chi connectivity index (χ3n) is 4.45. The quantitative estimate of drug-likeness (QED) is 0.326. The fourth-order valence-corrected chi connectivity index (χ4v) is 4.46. The minimum absolute atomic E-state index is 0.140. The fourth-order valence-electron chi connectivity index (χ4n) is 2.92. The van der Waals surface area contributed by atoms with E-state index in [2.05, 4.69) is 15.9 Å². The van der Waals surface area contributed by atoms with E-state index >= 15 is 0 Å². The Hall–Kier alpha value is -2.35. The molecule has 0 bridgehead atoms. The summed E-state index contributed by atoms with van der Waals surface area (Å²) in [7, 11) is 3.95. The second-order valence-electron chi connectivity index (χ2n) is 6.64. The van der Waals surface area contributed by atoms with Crippen molar-refractivity contribution in [3.05, 3.63) is 75.8 Å². The number of benzene rings is 2. The highest BCUT2D eigenvalue weighted by Crippen LogP contribution is 2.37. The molecule has 3 aromatic rings. The van der Waals surface area contributed by atoms with Crippen LogP contribution in [0.2, 0.25) is 0 Å². The Balaban J connectivity index is 1.57. The third-order valence-corrected chi connectivity index (χ3v) is 6.28. The zero-order chi connectivity index (χ0) is 20.5. The van der Waals surface area contributed by atoms with Gasteiger partial charge in [-0.2, -0.15) is 0 Å². The second kappa shape index (κ2) is 8.18. The predicted octanol–water partition coefficient (Wildman–Crippen LogP) is 6.18. The number of carbonyl (C=O) groups is 1. The number of halogens is 1. The second-order valence-corrected chi connectivity index (χ2v) is 9.23. The lowest BCUT2D eigenvalue weighted by atomic mass is 10.2. The topological polar surface area (TPSA) is 36.7 Å². The van der Waals surface area contributed by atoms with Gasteiger partial charge in [0.2, 0.25) is 0 Å². The number of carbonyl (C=O) groups excluding carboxylic acids is 1. The maximum absolute atomic E-state index is 12.9. The number of thiocarbonyl (C=S) groups is 1. The van der Waals surface area contributed by atoms with Crippen LogP contribution in [0.15, 0.2) is 74.5 Å². The summed E-state index contributed by atoms with van der Waals surface area (Å²) < 4.78 is 7.44. The zero-order valence-electron chi connectivity index (χ0n) is 15.8. The van der Waals surface area contributed by atoms with Gasteiger partial charge in [0, 0.05) is 35.9 Å². The molecule has 7 heteroatoms. The molecule has 1 aliphatic heterocycles. The van der Waals surface area contributed by atoms with Crippen LogP contribution in [-0.2, 0) is 4.79 Å². The highest BCUT2D eigenvalue weighted by molar-refractivity contribution is 9.10. The molecule has 0 radical (unpaired) electrons. The van der Waals surface area contributed by atoms with Crippen LogP contribution in [0.1, 0.15) is 5.76 Å². The Morgan fingerprint density at radius 1 is 1.03 bits per heavy atom. The summed E-state index contributed by atoms with van der Waals surface area (Å²) in [5.41, 5.74) is 2.80. The van der Waals surface area contributed by atoms with Gasteiger partial charge < -0.3 is 9.32 Å². The minimum atomic E-state index is -0.140. The molecule has 4 rings (SSSR count). The average molecular weight is 485 g/mol. The molecule has 29 heavy (non-hydrogen) atoms. The highest BCUT2D eigenvalue weighted by Gasteiger charge is 2.33. The summed E-state index contributed by atoms with van der Waals surface area (Å²) in [5, 5.41) is 0. The molecular weight excluding hydrogens is 468 g/mol. The lowest BCUT2D eigenvalue weighted by molar-refractivity contribution is -0.113. The van der Waals surface area contributed by atoms with E-state index < -0.39 is 0 Å². The molecule has 146 valence electrons. The van der Waals surface area contributed by atoms with E-state index in [0.29, 0.717) is 15.0 Å². The molecule has 1 fully saturated rings. The largest absolute Gasteiger partial charge is 0.457 e. The van der Waals surface area contributed by atoms with Gasteiger partial charge >= 0.3 is 0 Å². The number of nitrogens with zero attached hydrogens (tertiary/aromatic N) is 2. The molecule has 4 nitrogen and oxygen atoms in total. The van der Waals surface area contributed by atoms with Crippen LogP contribution in [0.25, 0.3) is 17.4 Å². The zero-order valence-corrected chi connectivity index (χ0v) is 19.0. The predicted molar refractivity (Wildman–Crippen MR) is 128 cm³/mol. The van der Waals surface area contributed by atoms with Gasteiger partial charge in [-0.3, -0.25) is 9.69 Å². The van der Waals surface area contributed by atoms with Crippen molar-refractivity contribution in [3.8, 4) is 11.3 Å². The van der Waals surface area contributed by atoms with E-state index in [1.807, 2.05) is 79.7 Å². The molecule has 2 aromatic carbocycles. The number of hydrogen-bond acceptors (Lipinski definition) is 5. The first-order valence-corrected chi connectivity index (χ1v) is 10.9. The summed E-state index contributed by atoms with van der Waals surface area (Å²) in [6, 6.07) is 19.4. The Labute approximate surface area is 187 Å². The summed E-state index contributed by atoms with van der Waals surface area (Å²) in [6.45, 7) is 0. The number of furan rings is 1. The normalized spacial score (nSPS) is 15.4. The van der Waals surface area contributed by atoms with Gasteiger partial charge in [-0.25, -0.2) is 0 Å². The van der Waals surface area contributed by atoms with Crippen LogP contribution < -0.4 is 9.80 Å². The van der Waals surface area contributed by atoms with Crippen molar-refractivity contribution >= 4 is 67.6 Å². The van der Waals surface area contributed by atoms with Crippen LogP contribution >= 0.6 is 39.9 Å². The molecule has 0 saturated carbocycles. The van der Waals surface area contributed by atoms with E-state index in [4.69, 9.17) is 16.6 Å². The molecule has 1 aliphatic rings. The van der Waals surface area contributed by atoms with Gasteiger partial charge in [0.15, 0.2) is 4.32 Å². The lowest BCUT2D eigenvalue weighted by Gasteiger charge is -2.17. The molecule has 0 spiro atoms. The van der Waals surface area contributed by atoms with Crippen molar-refractivity contribution in [2.45, 2.75) is 0 Å². The summed E-state index contributed by atoms with van der Waals surface area (Å²) in [6.07, 6.45) is 1.75. The van der Waals surface area contributed by atoms with Crippen molar-refractivity contribution in [2.24, 2.45) is 0 Å². The standard InChI is InChI=1S/C22H17BrN2O2S2/c1-24(2)16-7-9-17(10-8-16)25-21(26)20(29-22(25)28)13-18-11-12-19(27-18)14-3-5-15(23)6-4-14/h3-13H,1-2H3/b20-13+. The molecule has 0 aliphatic carbocycles. The first-order chi connectivity index (χ1) is 13.9. The number of amides is 1. The van der Waals surface area contributed by atoms with E-state index in [1.54, 1.807) is 11.0 Å². The van der Waals surface area contributed by atoms with Crippen LogP contribution in [0.5, 0.6) is 0 Å². The Morgan fingerprint density at radius 2 is 1.72 bits per heavy atom. The Kier molecular flexibility index (Phi) is 5.63. The maximum atomic E-state index is 12.9. The van der Waals surface area contributed by atoms with Gasteiger partial charge in [-0.15, -0.1) is 0 Å². The first kappa shape index (κ1) is 19.9. The third kappa shape index (κ3) is 4.17. The Morgan fingerprint density at radius 3 is 2.38 bits per heavy atom. The molecular formula is C22H17BrN2O2S2. The van der Waals surface area contributed by atoms with Crippen molar-refractivity contribution in [1.82, 2.24) is 0 Å². The molecule has 2 heterocycles. The summed E-state index contributed by atoms with van der Waals surface area (Å²) in [5.74, 6) is 1.23. The van der Waals surface area contributed by atoms with Crippen molar-refractivity contribution < 1.29 is 9.21 Å². The van der Waals surface area contributed by atoms with E-state index in [-0.39, 0.29) is 5.91 Å². The smallest absolute Gasteiger partial charge is 0.270 e. The first-order valence-electron chi connectivity index (χ1n) is 8.83. The van der Waals surface area contributed by atoms with Crippen molar-refractivity contribution in [2.75, 3.05) is 23.9 Å². The number of hydrogen-bond donors (Lipinski definition) is 0. The van der Waals surface area contributed by atoms with Crippen LogP contribution in [0, 0.1) is 0 Å².